The normalized spacial score (nSPS) is 25.8. The Balaban J connectivity index is 1.54. The molecule has 2 N–H and O–H groups in total. The summed E-state index contributed by atoms with van der Waals surface area (Å²) in [6, 6.07) is 7.11. The molecule has 0 bridgehead atoms. The number of allylic oxidation sites excluding steroid dienone is 2. The van der Waals surface area contributed by atoms with E-state index < -0.39 is 0 Å². The van der Waals surface area contributed by atoms with Crippen LogP contribution in [-0.2, 0) is 9.59 Å². The van der Waals surface area contributed by atoms with Gasteiger partial charge in [0.15, 0.2) is 0 Å². The summed E-state index contributed by atoms with van der Waals surface area (Å²) >= 11 is 0. The van der Waals surface area contributed by atoms with Crippen LogP contribution in [0.5, 0.6) is 0 Å². The molecule has 1 saturated heterocycles. The van der Waals surface area contributed by atoms with Gasteiger partial charge in [-0.3, -0.25) is 19.8 Å². The van der Waals surface area contributed by atoms with Crippen molar-refractivity contribution in [2.45, 2.75) is 44.6 Å². The average Bonchev–Trinajstić information content (AvgIpc) is 3.18. The molecule has 1 saturated carbocycles. The fourth-order valence-electron chi connectivity index (χ4n) is 4.11. The molecule has 1 aromatic rings. The summed E-state index contributed by atoms with van der Waals surface area (Å²) in [5.74, 6) is -1.01. The quantitative estimate of drug-likeness (QED) is 0.819. The number of anilines is 1. The van der Waals surface area contributed by atoms with Crippen molar-refractivity contribution in [3.05, 3.63) is 42.0 Å². The lowest BCUT2D eigenvalue weighted by molar-refractivity contribution is -0.139. The molecule has 3 aliphatic rings. The van der Waals surface area contributed by atoms with E-state index in [1.165, 1.54) is 5.01 Å². The van der Waals surface area contributed by atoms with E-state index in [2.05, 4.69) is 10.7 Å². The first kappa shape index (κ1) is 16.8. The monoisotopic (exact) mass is 353 g/mol. The number of amides is 3. The Morgan fingerprint density at radius 2 is 1.81 bits per heavy atom. The van der Waals surface area contributed by atoms with Crippen LogP contribution < -0.4 is 15.8 Å². The van der Waals surface area contributed by atoms with Crippen molar-refractivity contribution >= 4 is 23.4 Å². The fraction of sp³-hybridized carbons (Fsp3) is 0.450. The van der Waals surface area contributed by atoms with Crippen LogP contribution in [0.4, 0.5) is 5.69 Å². The molecule has 4 rings (SSSR count). The summed E-state index contributed by atoms with van der Waals surface area (Å²) in [5.41, 5.74) is 3.73. The van der Waals surface area contributed by atoms with Crippen LogP contribution in [0.25, 0.3) is 0 Å². The maximum absolute atomic E-state index is 12.8. The van der Waals surface area contributed by atoms with Gasteiger partial charge in [-0.2, -0.15) is 0 Å². The number of fused-ring (bicyclic) bond motifs is 1. The number of nitrogens with one attached hydrogen (secondary N) is 2. The second-order valence-electron chi connectivity index (χ2n) is 7.31. The summed E-state index contributed by atoms with van der Waals surface area (Å²) in [7, 11) is 0. The maximum atomic E-state index is 12.8. The molecular formula is C20H23N3O3. The third-order valence-electron chi connectivity index (χ3n) is 5.59. The van der Waals surface area contributed by atoms with E-state index >= 15 is 0 Å². The number of carbonyl (C=O) groups is 3. The lowest BCUT2D eigenvalue weighted by Gasteiger charge is -2.38. The summed E-state index contributed by atoms with van der Waals surface area (Å²) in [4.78, 5) is 37.7. The van der Waals surface area contributed by atoms with E-state index in [9.17, 15) is 14.4 Å². The SMILES string of the molecule is O=C(NC1CCCC1)c1cccc(N2NC(=O)[C@@H]3CC=CC[C@@H]3C2=O)c1. The van der Waals surface area contributed by atoms with Crippen molar-refractivity contribution in [2.75, 3.05) is 5.01 Å². The number of hydrogen-bond acceptors (Lipinski definition) is 3. The average molecular weight is 353 g/mol. The van der Waals surface area contributed by atoms with Crippen molar-refractivity contribution in [2.24, 2.45) is 11.8 Å². The van der Waals surface area contributed by atoms with Gasteiger partial charge < -0.3 is 5.32 Å². The number of carbonyl (C=O) groups excluding carboxylic acids is 3. The van der Waals surface area contributed by atoms with E-state index in [-0.39, 0.29) is 35.6 Å². The summed E-state index contributed by atoms with van der Waals surface area (Å²) in [6.45, 7) is 0. The first-order valence-corrected chi connectivity index (χ1v) is 9.34. The Morgan fingerprint density at radius 3 is 2.58 bits per heavy atom. The lowest BCUT2D eigenvalue weighted by atomic mass is 9.80. The van der Waals surface area contributed by atoms with Crippen LogP contribution in [0.2, 0.25) is 0 Å². The zero-order chi connectivity index (χ0) is 18.1. The van der Waals surface area contributed by atoms with Gasteiger partial charge in [0.25, 0.3) is 5.91 Å². The third-order valence-corrected chi connectivity index (χ3v) is 5.59. The molecule has 136 valence electrons. The van der Waals surface area contributed by atoms with Crippen molar-refractivity contribution in [3.63, 3.8) is 0 Å². The highest BCUT2D eigenvalue weighted by Gasteiger charge is 2.42. The highest BCUT2D eigenvalue weighted by Crippen LogP contribution is 2.32. The third kappa shape index (κ3) is 3.11. The number of hydrazine groups is 1. The van der Waals surface area contributed by atoms with Crippen molar-refractivity contribution in [1.29, 1.82) is 0 Å². The standard InChI is InChI=1S/C20H23N3O3/c24-18(21-14-7-1-2-8-14)13-6-5-9-15(12-13)23-20(26)17-11-4-3-10-16(17)19(25)22-23/h3-6,9,12,14,16-17H,1-2,7-8,10-11H2,(H,21,24)(H,22,25)/t16-,17+/m1/s1. The zero-order valence-corrected chi connectivity index (χ0v) is 14.6. The highest BCUT2D eigenvalue weighted by atomic mass is 16.2. The van der Waals surface area contributed by atoms with Gasteiger partial charge in [0.05, 0.1) is 17.5 Å². The molecule has 1 aromatic carbocycles. The van der Waals surface area contributed by atoms with Crippen molar-refractivity contribution in [3.8, 4) is 0 Å². The van der Waals surface area contributed by atoms with Crippen LogP contribution in [0, 0.1) is 11.8 Å². The molecule has 26 heavy (non-hydrogen) atoms. The summed E-state index contributed by atoms with van der Waals surface area (Å²) < 4.78 is 0. The van der Waals surface area contributed by atoms with Crippen LogP contribution in [0.15, 0.2) is 36.4 Å². The van der Waals surface area contributed by atoms with Gasteiger partial charge in [-0.25, -0.2) is 5.01 Å². The predicted molar refractivity (Wildman–Crippen MR) is 97.1 cm³/mol. The molecular weight excluding hydrogens is 330 g/mol. The Morgan fingerprint density at radius 1 is 1.08 bits per heavy atom. The smallest absolute Gasteiger partial charge is 0.251 e. The Kier molecular flexibility index (Phi) is 4.49. The topological polar surface area (TPSA) is 78.5 Å². The highest BCUT2D eigenvalue weighted by molar-refractivity contribution is 6.05. The number of hydrogen-bond donors (Lipinski definition) is 2. The second-order valence-corrected chi connectivity index (χ2v) is 7.31. The summed E-state index contributed by atoms with van der Waals surface area (Å²) in [6.07, 6.45) is 9.42. The van der Waals surface area contributed by atoms with Gasteiger partial charge >= 0.3 is 0 Å². The van der Waals surface area contributed by atoms with Crippen LogP contribution in [-0.4, -0.2) is 23.8 Å². The second kappa shape index (κ2) is 6.94. The zero-order valence-electron chi connectivity index (χ0n) is 14.6. The van der Waals surface area contributed by atoms with Crippen LogP contribution in [0.1, 0.15) is 48.9 Å². The summed E-state index contributed by atoms with van der Waals surface area (Å²) in [5, 5.41) is 4.35. The van der Waals surface area contributed by atoms with Crippen molar-refractivity contribution < 1.29 is 14.4 Å². The van der Waals surface area contributed by atoms with Crippen LogP contribution in [0.3, 0.4) is 0 Å². The van der Waals surface area contributed by atoms with E-state index in [1.54, 1.807) is 24.3 Å². The van der Waals surface area contributed by atoms with E-state index in [4.69, 9.17) is 0 Å². The maximum Gasteiger partial charge on any atom is 0.251 e. The minimum absolute atomic E-state index is 0.118. The Labute approximate surface area is 152 Å². The minimum Gasteiger partial charge on any atom is -0.349 e. The first-order chi connectivity index (χ1) is 12.6. The molecule has 2 fully saturated rings. The van der Waals surface area contributed by atoms with Gasteiger partial charge in [0.2, 0.25) is 11.8 Å². The van der Waals surface area contributed by atoms with Crippen molar-refractivity contribution in [1.82, 2.24) is 10.7 Å². The Hall–Kier alpha value is -2.63. The number of benzene rings is 1. The molecule has 1 aliphatic heterocycles. The van der Waals surface area contributed by atoms with Crippen LogP contribution >= 0.6 is 0 Å². The van der Waals surface area contributed by atoms with Gasteiger partial charge in [-0.1, -0.05) is 31.1 Å². The molecule has 0 unspecified atom stereocenters. The molecule has 2 atom stereocenters. The van der Waals surface area contributed by atoms with E-state index in [1.807, 2.05) is 12.2 Å². The number of nitrogens with zero attached hydrogens (tertiary/aromatic N) is 1. The molecule has 0 aromatic heterocycles. The molecule has 1 heterocycles. The van der Waals surface area contributed by atoms with Gasteiger partial charge in [0.1, 0.15) is 0 Å². The number of rotatable bonds is 3. The van der Waals surface area contributed by atoms with Gasteiger partial charge in [-0.05, 0) is 43.9 Å². The molecule has 0 spiro atoms. The molecule has 6 heteroatoms. The molecule has 2 aliphatic carbocycles. The lowest BCUT2D eigenvalue weighted by Crippen LogP contribution is -2.59. The molecule has 6 nitrogen and oxygen atoms in total. The minimum atomic E-state index is -0.329. The van der Waals surface area contributed by atoms with E-state index in [0.29, 0.717) is 24.1 Å². The predicted octanol–water partition coefficient (Wildman–Crippen LogP) is 2.32. The Bertz CT molecular complexity index is 767. The molecule has 3 amide bonds. The first-order valence-electron chi connectivity index (χ1n) is 9.34. The largest absolute Gasteiger partial charge is 0.349 e. The fourth-order valence-corrected chi connectivity index (χ4v) is 4.11. The van der Waals surface area contributed by atoms with E-state index in [0.717, 1.165) is 25.7 Å². The van der Waals surface area contributed by atoms with Gasteiger partial charge in [-0.15, -0.1) is 0 Å². The molecule has 0 radical (unpaired) electrons. The van der Waals surface area contributed by atoms with Gasteiger partial charge in [0, 0.05) is 11.6 Å².